The molecule has 144 valence electrons. The zero-order valence-corrected chi connectivity index (χ0v) is 15.8. The molecule has 2 aromatic carbocycles. The maximum atomic E-state index is 13.4. The second kappa shape index (κ2) is 7.84. The van der Waals surface area contributed by atoms with Gasteiger partial charge in [0.1, 0.15) is 5.82 Å². The van der Waals surface area contributed by atoms with Gasteiger partial charge in [0.05, 0.1) is 11.9 Å². The van der Waals surface area contributed by atoms with Crippen molar-refractivity contribution in [1.82, 2.24) is 14.7 Å². The fourth-order valence-electron chi connectivity index (χ4n) is 3.65. The largest absolute Gasteiger partial charge is 0.324 e. The number of urea groups is 1. The number of rotatable bonds is 3. The first kappa shape index (κ1) is 18.2. The summed E-state index contributed by atoms with van der Waals surface area (Å²) in [6.07, 6.45) is 5.58. The van der Waals surface area contributed by atoms with Crippen LogP contribution in [-0.2, 0) is 0 Å². The lowest BCUT2D eigenvalue weighted by atomic mass is 9.92. The van der Waals surface area contributed by atoms with Gasteiger partial charge in [-0.1, -0.05) is 18.2 Å². The Balaban J connectivity index is 1.36. The maximum Gasteiger partial charge on any atom is 0.321 e. The van der Waals surface area contributed by atoms with E-state index in [4.69, 9.17) is 0 Å². The molecule has 0 radical (unpaired) electrons. The number of hydrogen-bond donors (Lipinski definition) is 1. The van der Waals surface area contributed by atoms with Crippen LogP contribution in [0.5, 0.6) is 0 Å². The molecule has 1 saturated heterocycles. The van der Waals surface area contributed by atoms with Crippen LogP contribution in [-0.4, -0.2) is 33.8 Å². The second-order valence-electron chi connectivity index (χ2n) is 7.26. The molecular weight excluding hydrogens is 355 g/mol. The quantitative estimate of drug-likeness (QED) is 0.716. The molecule has 5 nitrogen and oxygen atoms in total. The minimum atomic E-state index is -0.275. The summed E-state index contributed by atoms with van der Waals surface area (Å²) >= 11 is 0. The fraction of sp³-hybridized carbons (Fsp3) is 0.273. The molecule has 1 aliphatic heterocycles. The van der Waals surface area contributed by atoms with Crippen molar-refractivity contribution in [2.75, 3.05) is 18.4 Å². The van der Waals surface area contributed by atoms with E-state index in [1.54, 1.807) is 10.7 Å². The molecule has 0 spiro atoms. The number of carbonyl (C=O) groups is 1. The number of benzene rings is 2. The highest BCUT2D eigenvalue weighted by Gasteiger charge is 2.25. The Hall–Kier alpha value is -3.15. The monoisotopic (exact) mass is 378 g/mol. The highest BCUT2D eigenvalue weighted by Crippen LogP contribution is 2.28. The zero-order valence-electron chi connectivity index (χ0n) is 15.8. The van der Waals surface area contributed by atoms with Gasteiger partial charge in [0, 0.05) is 25.0 Å². The SMILES string of the molecule is Cc1cccc(NC(=O)N2CCC(c3cnn(-c4cccc(F)c4)c3)CC2)c1. The van der Waals surface area contributed by atoms with Gasteiger partial charge in [0.25, 0.3) is 0 Å². The summed E-state index contributed by atoms with van der Waals surface area (Å²) in [5.74, 6) is 0.0767. The number of likely N-dealkylation sites (tertiary alicyclic amines) is 1. The number of anilines is 1. The van der Waals surface area contributed by atoms with Crippen LogP contribution in [0.25, 0.3) is 5.69 Å². The highest BCUT2D eigenvalue weighted by molar-refractivity contribution is 5.89. The number of aryl methyl sites for hydroxylation is 1. The average Bonchev–Trinajstić information content (AvgIpc) is 3.18. The lowest BCUT2D eigenvalue weighted by Gasteiger charge is -2.31. The van der Waals surface area contributed by atoms with Crippen molar-refractivity contribution < 1.29 is 9.18 Å². The van der Waals surface area contributed by atoms with Gasteiger partial charge in [-0.3, -0.25) is 0 Å². The Kier molecular flexibility index (Phi) is 5.10. The smallest absolute Gasteiger partial charge is 0.321 e. The number of aromatic nitrogens is 2. The van der Waals surface area contributed by atoms with Crippen LogP contribution in [0.2, 0.25) is 0 Å². The Morgan fingerprint density at radius 3 is 2.68 bits per heavy atom. The maximum absolute atomic E-state index is 13.4. The van der Waals surface area contributed by atoms with Crippen molar-refractivity contribution in [2.24, 2.45) is 0 Å². The number of hydrogen-bond acceptors (Lipinski definition) is 2. The number of nitrogens with one attached hydrogen (secondary N) is 1. The predicted molar refractivity (Wildman–Crippen MR) is 107 cm³/mol. The van der Waals surface area contributed by atoms with Gasteiger partial charge < -0.3 is 10.2 Å². The van der Waals surface area contributed by atoms with E-state index in [0.29, 0.717) is 24.7 Å². The lowest BCUT2D eigenvalue weighted by molar-refractivity contribution is 0.194. The molecule has 6 heteroatoms. The van der Waals surface area contributed by atoms with Crippen molar-refractivity contribution >= 4 is 11.7 Å². The Labute approximate surface area is 163 Å². The van der Waals surface area contributed by atoms with Gasteiger partial charge in [0.2, 0.25) is 0 Å². The molecule has 1 aliphatic rings. The van der Waals surface area contributed by atoms with Crippen LogP contribution in [0.3, 0.4) is 0 Å². The zero-order chi connectivity index (χ0) is 19.5. The molecule has 1 fully saturated rings. The molecule has 1 aromatic heterocycles. The van der Waals surface area contributed by atoms with E-state index in [0.717, 1.165) is 29.7 Å². The molecule has 0 aliphatic carbocycles. The van der Waals surface area contributed by atoms with Gasteiger partial charge >= 0.3 is 6.03 Å². The van der Waals surface area contributed by atoms with Crippen molar-refractivity contribution in [3.8, 4) is 5.69 Å². The highest BCUT2D eigenvalue weighted by atomic mass is 19.1. The number of carbonyl (C=O) groups excluding carboxylic acids is 1. The van der Waals surface area contributed by atoms with Crippen LogP contribution >= 0.6 is 0 Å². The summed E-state index contributed by atoms with van der Waals surface area (Å²) in [5, 5.41) is 7.35. The van der Waals surface area contributed by atoms with Gasteiger partial charge in [0.15, 0.2) is 0 Å². The molecule has 2 amide bonds. The third kappa shape index (κ3) is 4.06. The van der Waals surface area contributed by atoms with E-state index in [1.807, 2.05) is 54.5 Å². The molecule has 28 heavy (non-hydrogen) atoms. The van der Waals surface area contributed by atoms with Crippen molar-refractivity contribution in [2.45, 2.75) is 25.7 Å². The van der Waals surface area contributed by atoms with E-state index in [2.05, 4.69) is 10.4 Å². The van der Waals surface area contributed by atoms with Gasteiger partial charge in [-0.2, -0.15) is 5.10 Å². The molecule has 1 N–H and O–H groups in total. The molecule has 4 rings (SSSR count). The topological polar surface area (TPSA) is 50.2 Å². The van der Waals surface area contributed by atoms with Gasteiger partial charge in [-0.05, 0) is 67.1 Å². The first-order valence-corrected chi connectivity index (χ1v) is 9.51. The molecule has 0 saturated carbocycles. The summed E-state index contributed by atoms with van der Waals surface area (Å²) in [6.45, 7) is 3.41. The van der Waals surface area contributed by atoms with Gasteiger partial charge in [-0.15, -0.1) is 0 Å². The van der Waals surface area contributed by atoms with Crippen LogP contribution < -0.4 is 5.32 Å². The van der Waals surface area contributed by atoms with E-state index in [1.165, 1.54) is 12.1 Å². The summed E-state index contributed by atoms with van der Waals surface area (Å²) < 4.78 is 15.1. The first-order chi connectivity index (χ1) is 13.6. The predicted octanol–water partition coefficient (Wildman–Crippen LogP) is 4.73. The summed E-state index contributed by atoms with van der Waals surface area (Å²) in [7, 11) is 0. The minimum Gasteiger partial charge on any atom is -0.324 e. The van der Waals surface area contributed by atoms with E-state index < -0.39 is 0 Å². The first-order valence-electron chi connectivity index (χ1n) is 9.51. The standard InChI is InChI=1S/C22H23FN4O/c1-16-4-2-6-20(12-16)25-22(28)26-10-8-17(9-11-26)18-14-24-27(15-18)21-7-3-5-19(23)13-21/h2-7,12-15,17H,8-11H2,1H3,(H,25,28). The minimum absolute atomic E-state index is 0.0560. The van der Waals surface area contributed by atoms with E-state index >= 15 is 0 Å². The number of piperidine rings is 1. The van der Waals surface area contributed by atoms with Crippen molar-refractivity contribution in [1.29, 1.82) is 0 Å². The third-order valence-corrected chi connectivity index (χ3v) is 5.20. The Bertz CT molecular complexity index is 976. The summed E-state index contributed by atoms with van der Waals surface area (Å²) in [6, 6.07) is 14.2. The summed E-state index contributed by atoms with van der Waals surface area (Å²) in [4.78, 5) is 14.4. The number of nitrogens with zero attached hydrogens (tertiary/aromatic N) is 3. The van der Waals surface area contributed by atoms with Crippen LogP contribution in [0.4, 0.5) is 14.9 Å². The molecular formula is C22H23FN4O. The Morgan fingerprint density at radius 1 is 1.14 bits per heavy atom. The Morgan fingerprint density at radius 2 is 1.93 bits per heavy atom. The van der Waals surface area contributed by atoms with Crippen LogP contribution in [0, 0.1) is 12.7 Å². The number of halogens is 1. The third-order valence-electron chi connectivity index (χ3n) is 5.20. The number of amides is 2. The van der Waals surface area contributed by atoms with E-state index in [-0.39, 0.29) is 11.8 Å². The van der Waals surface area contributed by atoms with Crippen molar-refractivity contribution in [3.05, 3.63) is 77.9 Å². The van der Waals surface area contributed by atoms with E-state index in [9.17, 15) is 9.18 Å². The second-order valence-corrected chi connectivity index (χ2v) is 7.26. The molecule has 2 heterocycles. The summed E-state index contributed by atoms with van der Waals surface area (Å²) in [5.41, 5.74) is 3.78. The molecule has 0 bridgehead atoms. The van der Waals surface area contributed by atoms with Crippen LogP contribution in [0.1, 0.15) is 29.9 Å². The molecule has 0 unspecified atom stereocenters. The fourth-order valence-corrected chi connectivity index (χ4v) is 3.65. The lowest BCUT2D eigenvalue weighted by Crippen LogP contribution is -2.40. The van der Waals surface area contributed by atoms with Crippen LogP contribution in [0.15, 0.2) is 60.9 Å². The average molecular weight is 378 g/mol. The molecule has 0 atom stereocenters. The molecule has 3 aromatic rings. The van der Waals surface area contributed by atoms with Gasteiger partial charge in [-0.25, -0.2) is 13.9 Å². The normalized spacial score (nSPS) is 14.9. The van der Waals surface area contributed by atoms with Crippen molar-refractivity contribution in [3.63, 3.8) is 0 Å².